The molecule has 3 N–H and O–H groups in total. The number of nitrogens with one attached hydrogen (secondary N) is 3. The topological polar surface area (TPSA) is 62.2 Å². The van der Waals surface area contributed by atoms with Gasteiger partial charge in [-0.25, -0.2) is 0 Å². The van der Waals surface area contributed by atoms with Gasteiger partial charge in [-0.3, -0.25) is 9.89 Å². The van der Waals surface area contributed by atoms with Crippen molar-refractivity contribution in [2.75, 3.05) is 14.1 Å². The molecular weight excluding hydrogens is 288 g/mol. The maximum Gasteiger partial charge on any atom is 0.272 e. The van der Waals surface area contributed by atoms with Crippen LogP contribution in [0.15, 0.2) is 48.5 Å². The average Bonchev–Trinajstić information content (AvgIpc) is 2.97. The molecule has 0 spiro atoms. The van der Waals surface area contributed by atoms with E-state index >= 15 is 0 Å². The van der Waals surface area contributed by atoms with Crippen LogP contribution in [0.2, 0.25) is 0 Å². The second kappa shape index (κ2) is 6.62. The highest BCUT2D eigenvalue weighted by Gasteiger charge is 2.13. The summed E-state index contributed by atoms with van der Waals surface area (Å²) < 4.78 is 0. The highest BCUT2D eigenvalue weighted by atomic mass is 16.1. The van der Waals surface area contributed by atoms with Gasteiger partial charge in [-0.15, -0.1) is 0 Å². The van der Waals surface area contributed by atoms with Gasteiger partial charge in [-0.2, -0.15) is 5.10 Å². The zero-order valence-corrected chi connectivity index (χ0v) is 13.4. The van der Waals surface area contributed by atoms with Crippen LogP contribution in [0.25, 0.3) is 10.9 Å². The third-order valence-corrected chi connectivity index (χ3v) is 3.72. The predicted molar refractivity (Wildman–Crippen MR) is 90.2 cm³/mol. The number of fused-ring (bicyclic) bond motifs is 1. The maximum absolute atomic E-state index is 12.3. The van der Waals surface area contributed by atoms with E-state index in [1.807, 2.05) is 24.3 Å². The van der Waals surface area contributed by atoms with Gasteiger partial charge < -0.3 is 10.2 Å². The minimum absolute atomic E-state index is 0.163. The molecule has 23 heavy (non-hydrogen) atoms. The second-order valence-corrected chi connectivity index (χ2v) is 6.00. The van der Waals surface area contributed by atoms with Crippen molar-refractivity contribution in [2.24, 2.45) is 0 Å². The summed E-state index contributed by atoms with van der Waals surface area (Å²) in [5.74, 6) is -0.163. The van der Waals surface area contributed by atoms with Gasteiger partial charge in [0, 0.05) is 17.5 Å². The molecule has 0 fully saturated rings. The molecule has 1 amide bonds. The third kappa shape index (κ3) is 3.57. The van der Waals surface area contributed by atoms with E-state index < -0.39 is 0 Å². The number of amides is 1. The van der Waals surface area contributed by atoms with Gasteiger partial charge in [-0.05, 0) is 11.6 Å². The molecule has 0 radical (unpaired) electrons. The molecule has 118 valence electrons. The molecule has 0 aliphatic carbocycles. The lowest BCUT2D eigenvalue weighted by atomic mass is 10.1. The van der Waals surface area contributed by atoms with E-state index in [2.05, 4.69) is 53.9 Å². The number of aromatic nitrogens is 2. The van der Waals surface area contributed by atoms with Crippen LogP contribution < -0.4 is 10.2 Å². The highest BCUT2D eigenvalue weighted by molar-refractivity contribution is 6.04. The molecule has 5 heteroatoms. The first kappa shape index (κ1) is 15.2. The summed E-state index contributed by atoms with van der Waals surface area (Å²) in [6.07, 6.45) is 0. The lowest BCUT2D eigenvalue weighted by molar-refractivity contribution is -0.872. The Morgan fingerprint density at radius 1 is 1.09 bits per heavy atom. The number of quaternary nitrogens is 1. The van der Waals surface area contributed by atoms with E-state index in [1.165, 1.54) is 10.5 Å². The second-order valence-electron chi connectivity index (χ2n) is 6.00. The van der Waals surface area contributed by atoms with Crippen LogP contribution in [-0.2, 0) is 13.1 Å². The van der Waals surface area contributed by atoms with Gasteiger partial charge >= 0.3 is 0 Å². The fourth-order valence-corrected chi connectivity index (χ4v) is 2.59. The Morgan fingerprint density at radius 3 is 2.52 bits per heavy atom. The minimum Gasteiger partial charge on any atom is -0.347 e. The monoisotopic (exact) mass is 309 g/mol. The normalized spacial score (nSPS) is 11.1. The van der Waals surface area contributed by atoms with Crippen LogP contribution in [0.4, 0.5) is 0 Å². The van der Waals surface area contributed by atoms with Crippen LogP contribution in [-0.4, -0.2) is 30.2 Å². The van der Waals surface area contributed by atoms with Crippen LogP contribution in [0.1, 0.15) is 21.6 Å². The number of nitrogens with zero attached hydrogens (tertiary/aromatic N) is 1. The van der Waals surface area contributed by atoms with Gasteiger partial charge in [0.2, 0.25) is 0 Å². The van der Waals surface area contributed by atoms with E-state index in [1.54, 1.807) is 0 Å². The smallest absolute Gasteiger partial charge is 0.272 e. The summed E-state index contributed by atoms with van der Waals surface area (Å²) in [6.45, 7) is 1.49. The van der Waals surface area contributed by atoms with E-state index in [9.17, 15) is 4.79 Å². The number of hydrogen-bond acceptors (Lipinski definition) is 2. The fourth-order valence-electron chi connectivity index (χ4n) is 2.59. The lowest BCUT2D eigenvalue weighted by Crippen LogP contribution is -3.04. The summed E-state index contributed by atoms with van der Waals surface area (Å²) in [5, 5.41) is 10.8. The number of carbonyl (C=O) groups excluding carboxylic acids is 1. The van der Waals surface area contributed by atoms with Gasteiger partial charge in [-0.1, -0.05) is 42.5 Å². The van der Waals surface area contributed by atoms with Crippen molar-refractivity contribution in [1.82, 2.24) is 15.5 Å². The first-order valence-corrected chi connectivity index (χ1v) is 7.71. The first-order valence-electron chi connectivity index (χ1n) is 7.71. The Morgan fingerprint density at radius 2 is 1.78 bits per heavy atom. The summed E-state index contributed by atoms with van der Waals surface area (Å²) >= 11 is 0. The van der Waals surface area contributed by atoms with Gasteiger partial charge in [0.25, 0.3) is 5.91 Å². The molecule has 0 bridgehead atoms. The molecule has 1 aromatic heterocycles. The molecule has 3 rings (SSSR count). The summed E-state index contributed by atoms with van der Waals surface area (Å²) in [5.41, 5.74) is 3.68. The Hall–Kier alpha value is -2.66. The summed E-state index contributed by atoms with van der Waals surface area (Å²) in [6, 6.07) is 16.0. The zero-order chi connectivity index (χ0) is 16.2. The zero-order valence-electron chi connectivity index (χ0n) is 13.4. The van der Waals surface area contributed by atoms with Crippen molar-refractivity contribution in [1.29, 1.82) is 0 Å². The number of para-hydroxylation sites is 1. The number of aromatic amines is 1. The molecule has 0 aliphatic rings. The first-order chi connectivity index (χ1) is 11.1. The van der Waals surface area contributed by atoms with Crippen molar-refractivity contribution >= 4 is 16.8 Å². The minimum atomic E-state index is -0.163. The molecule has 3 aromatic rings. The summed E-state index contributed by atoms with van der Waals surface area (Å²) in [4.78, 5) is 13.7. The van der Waals surface area contributed by atoms with Crippen LogP contribution in [0.5, 0.6) is 0 Å². The van der Waals surface area contributed by atoms with E-state index in [0.29, 0.717) is 12.2 Å². The molecule has 1 heterocycles. The summed E-state index contributed by atoms with van der Waals surface area (Å²) in [7, 11) is 4.25. The molecule has 0 aliphatic heterocycles. The van der Waals surface area contributed by atoms with Gasteiger partial charge in [0.15, 0.2) is 5.69 Å². The number of benzene rings is 2. The van der Waals surface area contributed by atoms with Crippen LogP contribution >= 0.6 is 0 Å². The Labute approximate surface area is 135 Å². The van der Waals surface area contributed by atoms with Crippen molar-refractivity contribution in [2.45, 2.75) is 13.1 Å². The quantitative estimate of drug-likeness (QED) is 0.662. The number of hydrogen-bond donors (Lipinski definition) is 3. The Bertz CT molecular complexity index is 805. The maximum atomic E-state index is 12.3. The largest absolute Gasteiger partial charge is 0.347 e. The highest BCUT2D eigenvalue weighted by Crippen LogP contribution is 2.15. The lowest BCUT2D eigenvalue weighted by Gasteiger charge is -2.08. The van der Waals surface area contributed by atoms with Gasteiger partial charge in [0.05, 0.1) is 19.6 Å². The molecule has 2 aromatic carbocycles. The Kier molecular flexibility index (Phi) is 4.39. The molecule has 0 saturated carbocycles. The van der Waals surface area contributed by atoms with Crippen molar-refractivity contribution < 1.29 is 9.69 Å². The van der Waals surface area contributed by atoms with Crippen LogP contribution in [0, 0.1) is 0 Å². The molecule has 0 atom stereocenters. The van der Waals surface area contributed by atoms with E-state index in [0.717, 1.165) is 23.0 Å². The average molecular weight is 309 g/mol. The molecular formula is C18H21N4O+. The number of rotatable bonds is 5. The van der Waals surface area contributed by atoms with Crippen molar-refractivity contribution in [3.63, 3.8) is 0 Å². The van der Waals surface area contributed by atoms with E-state index in [4.69, 9.17) is 0 Å². The number of H-pyrrole nitrogens is 1. The predicted octanol–water partition coefficient (Wildman–Crippen LogP) is 1.14. The van der Waals surface area contributed by atoms with Crippen molar-refractivity contribution in [3.8, 4) is 0 Å². The standard InChI is InChI=1S/C18H20N4O/c1-22(2)12-14-9-7-13(8-10-14)11-19-18(23)17-15-5-3-4-6-16(15)20-21-17/h3-10H,11-12H2,1-2H3,(H,19,23)(H,20,21)/p+1. The fraction of sp³-hybridized carbons (Fsp3) is 0.222. The van der Waals surface area contributed by atoms with Gasteiger partial charge in [0.1, 0.15) is 6.54 Å². The van der Waals surface area contributed by atoms with Crippen LogP contribution in [0.3, 0.4) is 0 Å². The molecule has 0 unspecified atom stereocenters. The molecule has 5 nitrogen and oxygen atoms in total. The number of carbonyl (C=O) groups is 1. The SMILES string of the molecule is C[NH+](C)Cc1ccc(CNC(=O)c2n[nH]c3ccccc23)cc1. The Balaban J connectivity index is 1.65. The molecule has 0 saturated heterocycles. The third-order valence-electron chi connectivity index (χ3n) is 3.72. The van der Waals surface area contributed by atoms with Crippen molar-refractivity contribution in [3.05, 3.63) is 65.4 Å². The van der Waals surface area contributed by atoms with E-state index in [-0.39, 0.29) is 5.91 Å².